The molecule has 0 saturated carbocycles. The molecule has 4 rings (SSSR count). The van der Waals surface area contributed by atoms with Crippen LogP contribution in [-0.4, -0.2) is 25.8 Å². The van der Waals surface area contributed by atoms with Crippen molar-refractivity contribution in [2.45, 2.75) is 6.10 Å². The van der Waals surface area contributed by atoms with Crippen LogP contribution < -0.4 is 18.9 Å². The maximum absolute atomic E-state index is 12.6. The number of hydrogen-bond donors (Lipinski definition) is 0. The molecule has 1 aliphatic heterocycles. The molecule has 3 aromatic carbocycles. The number of esters is 1. The van der Waals surface area contributed by atoms with E-state index in [1.165, 1.54) is 7.11 Å². The van der Waals surface area contributed by atoms with Gasteiger partial charge < -0.3 is 18.9 Å². The van der Waals surface area contributed by atoms with Crippen LogP contribution in [-0.2, 0) is 4.79 Å². The molecule has 0 bridgehead atoms. The lowest BCUT2D eigenvalue weighted by molar-refractivity contribution is -0.144. The summed E-state index contributed by atoms with van der Waals surface area (Å²) in [6.45, 7) is 0.0472. The standard InChI is InChI=1S/C25H18ClNO5/c1-29-23-13-16(12-18(14-27)17-7-9-19(26)10-8-17)6-11-22(23)32-25(28)24-15-30-20-4-2-3-5-21(20)31-24/h2-13,24H,15H2,1H3. The van der Waals surface area contributed by atoms with Gasteiger partial charge in [-0.15, -0.1) is 0 Å². The predicted octanol–water partition coefficient (Wildman–Crippen LogP) is 5.16. The van der Waals surface area contributed by atoms with E-state index in [0.717, 1.165) is 5.56 Å². The van der Waals surface area contributed by atoms with Crippen molar-refractivity contribution in [3.8, 4) is 29.1 Å². The topological polar surface area (TPSA) is 77.8 Å². The van der Waals surface area contributed by atoms with E-state index in [0.29, 0.717) is 33.4 Å². The Labute approximate surface area is 190 Å². The van der Waals surface area contributed by atoms with Crippen molar-refractivity contribution in [1.82, 2.24) is 0 Å². The number of carbonyl (C=O) groups excluding carboxylic acids is 1. The summed E-state index contributed by atoms with van der Waals surface area (Å²) in [6, 6.07) is 21.3. The van der Waals surface area contributed by atoms with Gasteiger partial charge in [0.15, 0.2) is 23.0 Å². The van der Waals surface area contributed by atoms with Crippen molar-refractivity contribution < 1.29 is 23.7 Å². The van der Waals surface area contributed by atoms with Crippen LogP contribution in [0.25, 0.3) is 11.6 Å². The number of methoxy groups -OCH3 is 1. The van der Waals surface area contributed by atoms with Gasteiger partial charge in [0.2, 0.25) is 6.10 Å². The van der Waals surface area contributed by atoms with Crippen LogP contribution in [0.4, 0.5) is 0 Å². The molecule has 0 amide bonds. The highest BCUT2D eigenvalue weighted by molar-refractivity contribution is 6.30. The summed E-state index contributed by atoms with van der Waals surface area (Å²) in [6.07, 6.45) is 0.816. The summed E-state index contributed by atoms with van der Waals surface area (Å²) in [5, 5.41) is 10.1. The molecule has 1 aliphatic rings. The van der Waals surface area contributed by atoms with Crippen LogP contribution in [0.5, 0.6) is 23.0 Å². The number of para-hydroxylation sites is 2. The zero-order valence-corrected chi connectivity index (χ0v) is 17.8. The Balaban J connectivity index is 1.52. The molecule has 160 valence electrons. The van der Waals surface area contributed by atoms with Crippen LogP contribution >= 0.6 is 11.6 Å². The fraction of sp³-hybridized carbons (Fsp3) is 0.120. The first-order valence-electron chi connectivity index (χ1n) is 9.73. The Morgan fingerprint density at radius 3 is 2.56 bits per heavy atom. The third-order valence-electron chi connectivity index (χ3n) is 4.76. The highest BCUT2D eigenvalue weighted by Gasteiger charge is 2.29. The molecule has 0 radical (unpaired) electrons. The molecule has 6 nitrogen and oxygen atoms in total. The highest BCUT2D eigenvalue weighted by atomic mass is 35.5. The van der Waals surface area contributed by atoms with Crippen molar-refractivity contribution in [3.63, 3.8) is 0 Å². The van der Waals surface area contributed by atoms with Crippen LogP contribution in [0.3, 0.4) is 0 Å². The molecule has 0 saturated heterocycles. The predicted molar refractivity (Wildman–Crippen MR) is 120 cm³/mol. The highest BCUT2D eigenvalue weighted by Crippen LogP contribution is 2.33. The van der Waals surface area contributed by atoms with Gasteiger partial charge in [-0.25, -0.2) is 4.79 Å². The third-order valence-corrected chi connectivity index (χ3v) is 5.01. The zero-order valence-electron chi connectivity index (χ0n) is 17.1. The average Bonchev–Trinajstić information content (AvgIpc) is 2.83. The van der Waals surface area contributed by atoms with Gasteiger partial charge in [0, 0.05) is 5.02 Å². The van der Waals surface area contributed by atoms with Crippen LogP contribution in [0.1, 0.15) is 11.1 Å². The van der Waals surface area contributed by atoms with Crippen molar-refractivity contribution in [2.24, 2.45) is 0 Å². The minimum absolute atomic E-state index is 0.0472. The smallest absolute Gasteiger partial charge is 0.356 e. The van der Waals surface area contributed by atoms with Gasteiger partial charge in [-0.05, 0) is 53.6 Å². The van der Waals surface area contributed by atoms with Gasteiger partial charge in [0.25, 0.3) is 0 Å². The average molecular weight is 448 g/mol. The molecular formula is C25H18ClNO5. The number of halogens is 1. The molecule has 1 unspecified atom stereocenters. The SMILES string of the molecule is COc1cc(C=C(C#N)c2ccc(Cl)cc2)ccc1OC(=O)C1COc2ccccc2O1. The zero-order chi connectivity index (χ0) is 22.5. The Hall–Kier alpha value is -3.95. The summed E-state index contributed by atoms with van der Waals surface area (Å²) in [5.41, 5.74) is 1.90. The minimum atomic E-state index is -0.899. The van der Waals surface area contributed by atoms with Crippen molar-refractivity contribution in [2.75, 3.05) is 13.7 Å². The summed E-state index contributed by atoms with van der Waals surface area (Å²) in [7, 11) is 1.47. The van der Waals surface area contributed by atoms with Crippen LogP contribution in [0.15, 0.2) is 66.7 Å². The van der Waals surface area contributed by atoms with E-state index in [9.17, 15) is 10.1 Å². The fourth-order valence-corrected chi connectivity index (χ4v) is 3.27. The second-order valence-electron chi connectivity index (χ2n) is 6.87. The largest absolute Gasteiger partial charge is 0.493 e. The van der Waals surface area contributed by atoms with Gasteiger partial charge in [-0.2, -0.15) is 5.26 Å². The number of hydrogen-bond acceptors (Lipinski definition) is 6. The number of nitriles is 1. The molecule has 0 aromatic heterocycles. The van der Waals surface area contributed by atoms with Gasteiger partial charge in [0.05, 0.1) is 18.8 Å². The van der Waals surface area contributed by atoms with E-state index >= 15 is 0 Å². The number of nitrogens with zero attached hydrogens (tertiary/aromatic N) is 1. The number of ether oxygens (including phenoxy) is 4. The Morgan fingerprint density at radius 1 is 1.09 bits per heavy atom. The molecule has 0 spiro atoms. The van der Waals surface area contributed by atoms with E-state index in [1.807, 2.05) is 6.07 Å². The second kappa shape index (κ2) is 9.46. The van der Waals surface area contributed by atoms with Gasteiger partial charge in [-0.3, -0.25) is 0 Å². The number of allylic oxidation sites excluding steroid dienone is 1. The number of carbonyl (C=O) groups is 1. The summed E-state index contributed by atoms with van der Waals surface area (Å²) in [5.74, 6) is 1.05. The fourth-order valence-electron chi connectivity index (χ4n) is 3.14. The van der Waals surface area contributed by atoms with E-state index in [4.69, 9.17) is 30.5 Å². The van der Waals surface area contributed by atoms with Crippen LogP contribution in [0.2, 0.25) is 5.02 Å². The second-order valence-corrected chi connectivity index (χ2v) is 7.31. The Kier molecular flexibility index (Phi) is 6.29. The van der Waals surface area contributed by atoms with E-state index < -0.39 is 12.1 Å². The Morgan fingerprint density at radius 2 is 1.84 bits per heavy atom. The van der Waals surface area contributed by atoms with Crippen molar-refractivity contribution in [3.05, 3.63) is 82.9 Å². The summed E-state index contributed by atoms with van der Waals surface area (Å²) in [4.78, 5) is 12.6. The van der Waals surface area contributed by atoms with E-state index in [-0.39, 0.29) is 12.4 Å². The molecular weight excluding hydrogens is 430 g/mol. The molecule has 0 N–H and O–H groups in total. The summed E-state index contributed by atoms with van der Waals surface area (Å²) >= 11 is 5.92. The lowest BCUT2D eigenvalue weighted by atomic mass is 10.0. The quantitative estimate of drug-likeness (QED) is 0.233. The maximum Gasteiger partial charge on any atom is 0.356 e. The lowest BCUT2D eigenvalue weighted by Crippen LogP contribution is -2.39. The van der Waals surface area contributed by atoms with Crippen LogP contribution in [0, 0.1) is 11.3 Å². The molecule has 0 aliphatic carbocycles. The van der Waals surface area contributed by atoms with Crippen molar-refractivity contribution >= 4 is 29.2 Å². The maximum atomic E-state index is 12.6. The van der Waals surface area contributed by atoms with E-state index in [1.54, 1.807) is 66.7 Å². The summed E-state index contributed by atoms with van der Waals surface area (Å²) < 4.78 is 22.2. The molecule has 1 heterocycles. The van der Waals surface area contributed by atoms with Gasteiger partial charge in [0.1, 0.15) is 6.61 Å². The van der Waals surface area contributed by atoms with Gasteiger partial charge >= 0.3 is 5.97 Å². The molecule has 1 atom stereocenters. The number of rotatable bonds is 5. The molecule has 3 aromatic rings. The van der Waals surface area contributed by atoms with E-state index in [2.05, 4.69) is 6.07 Å². The third kappa shape index (κ3) is 4.69. The monoisotopic (exact) mass is 447 g/mol. The first-order valence-corrected chi connectivity index (χ1v) is 10.1. The first kappa shape index (κ1) is 21.3. The number of fused-ring (bicyclic) bond motifs is 1. The Bertz CT molecular complexity index is 1210. The molecule has 32 heavy (non-hydrogen) atoms. The normalized spacial score (nSPS) is 14.9. The van der Waals surface area contributed by atoms with Crippen molar-refractivity contribution in [1.29, 1.82) is 5.26 Å². The van der Waals surface area contributed by atoms with Gasteiger partial charge in [-0.1, -0.05) is 41.9 Å². The number of benzene rings is 3. The lowest BCUT2D eigenvalue weighted by Gasteiger charge is -2.25. The minimum Gasteiger partial charge on any atom is -0.493 e. The molecule has 0 fully saturated rings. The molecule has 7 heteroatoms. The first-order chi connectivity index (χ1) is 15.6.